The first-order valence-corrected chi connectivity index (χ1v) is 8.29. The van der Waals surface area contributed by atoms with E-state index < -0.39 is 0 Å². The van der Waals surface area contributed by atoms with E-state index in [0.717, 1.165) is 9.99 Å². The van der Waals surface area contributed by atoms with Crippen LogP contribution in [0.25, 0.3) is 0 Å². The second-order valence-corrected chi connectivity index (χ2v) is 7.11. The molecule has 0 aromatic carbocycles. The molecule has 1 aliphatic heterocycles. The minimum Gasteiger partial charge on any atom is -0.370 e. The van der Waals surface area contributed by atoms with Crippen LogP contribution in [0.1, 0.15) is 44.9 Å². The van der Waals surface area contributed by atoms with Crippen molar-refractivity contribution in [1.29, 1.82) is 0 Å². The van der Waals surface area contributed by atoms with E-state index >= 15 is 0 Å². The summed E-state index contributed by atoms with van der Waals surface area (Å²) in [7, 11) is 0. The van der Waals surface area contributed by atoms with Gasteiger partial charge in [0.15, 0.2) is 0 Å². The molecule has 4 heteroatoms. The monoisotopic (exact) mass is 373 g/mol. The van der Waals surface area contributed by atoms with Crippen LogP contribution in [0.5, 0.6) is 0 Å². The zero-order valence-electron chi connectivity index (χ0n) is 11.1. The fourth-order valence-corrected chi connectivity index (χ4v) is 3.97. The largest absolute Gasteiger partial charge is 0.370 e. The van der Waals surface area contributed by atoms with E-state index in [9.17, 15) is 4.79 Å². The highest BCUT2D eigenvalue weighted by Gasteiger charge is 2.40. The maximum atomic E-state index is 11.8. The summed E-state index contributed by atoms with van der Waals surface area (Å²) in [5.74, 6) is 0. The van der Waals surface area contributed by atoms with Gasteiger partial charge >= 0.3 is 0 Å². The van der Waals surface area contributed by atoms with E-state index in [-0.39, 0.29) is 17.3 Å². The van der Waals surface area contributed by atoms with Gasteiger partial charge in [-0.05, 0) is 54.3 Å². The van der Waals surface area contributed by atoms with E-state index in [1.807, 2.05) is 12.3 Å². The van der Waals surface area contributed by atoms with Crippen LogP contribution in [-0.4, -0.2) is 16.3 Å². The predicted octanol–water partition coefficient (Wildman–Crippen LogP) is 3.33. The first-order chi connectivity index (χ1) is 9.17. The Bertz CT molecular complexity index is 505. The Morgan fingerprint density at radius 3 is 2.84 bits per heavy atom. The Morgan fingerprint density at radius 2 is 2.05 bits per heavy atom. The fraction of sp³-hybridized carbons (Fsp3) is 0.667. The number of pyridine rings is 1. The van der Waals surface area contributed by atoms with Crippen molar-refractivity contribution in [1.82, 2.24) is 4.57 Å². The Labute approximate surface area is 127 Å². The zero-order chi connectivity index (χ0) is 13.3. The van der Waals surface area contributed by atoms with Gasteiger partial charge in [0.05, 0.1) is 18.2 Å². The van der Waals surface area contributed by atoms with Gasteiger partial charge in [-0.2, -0.15) is 0 Å². The van der Waals surface area contributed by atoms with E-state index in [0.29, 0.717) is 6.54 Å². The lowest BCUT2D eigenvalue weighted by Gasteiger charge is -2.33. The van der Waals surface area contributed by atoms with E-state index in [4.69, 9.17) is 4.74 Å². The number of ether oxygens (including phenoxy) is 1. The molecule has 0 N–H and O–H groups in total. The third-order valence-corrected chi connectivity index (χ3v) is 5.09. The van der Waals surface area contributed by atoms with Crippen molar-refractivity contribution in [3.63, 3.8) is 0 Å². The highest BCUT2D eigenvalue weighted by Crippen LogP contribution is 2.42. The molecule has 104 valence electrons. The van der Waals surface area contributed by atoms with Gasteiger partial charge in [-0.15, -0.1) is 0 Å². The summed E-state index contributed by atoms with van der Waals surface area (Å²) >= 11 is 2.24. The molecule has 2 aliphatic rings. The molecule has 0 bridgehead atoms. The Hall–Kier alpha value is -0.360. The van der Waals surface area contributed by atoms with Gasteiger partial charge in [0, 0.05) is 15.8 Å². The first-order valence-electron chi connectivity index (χ1n) is 7.21. The molecule has 1 saturated carbocycles. The molecule has 1 aromatic heterocycles. The summed E-state index contributed by atoms with van der Waals surface area (Å²) < 4.78 is 9.23. The van der Waals surface area contributed by atoms with Crippen LogP contribution in [0.2, 0.25) is 0 Å². The fourth-order valence-electron chi connectivity index (χ4n) is 3.45. The van der Waals surface area contributed by atoms with Gasteiger partial charge in [-0.25, -0.2) is 0 Å². The van der Waals surface area contributed by atoms with Crippen molar-refractivity contribution in [3.8, 4) is 0 Å². The number of aromatic nitrogens is 1. The number of nitrogens with zero attached hydrogens (tertiary/aromatic N) is 1. The highest BCUT2D eigenvalue weighted by atomic mass is 127. The zero-order valence-corrected chi connectivity index (χ0v) is 13.3. The van der Waals surface area contributed by atoms with Crippen LogP contribution in [0.4, 0.5) is 0 Å². The molecule has 0 amide bonds. The summed E-state index contributed by atoms with van der Waals surface area (Å²) in [5, 5.41) is 0. The SMILES string of the molecule is O=c1ccc(I)cn1CC1CCC2(CCCCC2)O1. The molecule has 1 saturated heterocycles. The average molecular weight is 373 g/mol. The van der Waals surface area contributed by atoms with Crippen molar-refractivity contribution in [3.05, 3.63) is 32.3 Å². The normalized spacial score (nSPS) is 25.8. The second-order valence-electron chi connectivity index (χ2n) is 5.86. The highest BCUT2D eigenvalue weighted by molar-refractivity contribution is 14.1. The quantitative estimate of drug-likeness (QED) is 0.745. The lowest BCUT2D eigenvalue weighted by Crippen LogP contribution is -2.33. The smallest absolute Gasteiger partial charge is 0.250 e. The molecule has 19 heavy (non-hydrogen) atoms. The average Bonchev–Trinajstić information content (AvgIpc) is 2.78. The van der Waals surface area contributed by atoms with Gasteiger partial charge in [-0.1, -0.05) is 19.3 Å². The van der Waals surface area contributed by atoms with Gasteiger partial charge in [0.1, 0.15) is 0 Å². The van der Waals surface area contributed by atoms with Crippen LogP contribution in [0.3, 0.4) is 0 Å². The summed E-state index contributed by atoms with van der Waals surface area (Å²) in [5.41, 5.74) is 0.225. The Balaban J connectivity index is 1.68. The van der Waals surface area contributed by atoms with Crippen molar-refractivity contribution < 1.29 is 4.74 Å². The van der Waals surface area contributed by atoms with Crippen molar-refractivity contribution in [2.45, 2.75) is 63.2 Å². The molecule has 1 spiro atoms. The Kier molecular flexibility index (Phi) is 3.98. The molecule has 0 radical (unpaired) electrons. The summed E-state index contributed by atoms with van der Waals surface area (Å²) in [6.07, 6.45) is 10.8. The summed E-state index contributed by atoms with van der Waals surface area (Å²) in [4.78, 5) is 11.8. The van der Waals surface area contributed by atoms with Crippen LogP contribution in [-0.2, 0) is 11.3 Å². The molecule has 1 atom stereocenters. The van der Waals surface area contributed by atoms with Crippen LogP contribution < -0.4 is 5.56 Å². The van der Waals surface area contributed by atoms with Crippen molar-refractivity contribution in [2.75, 3.05) is 0 Å². The summed E-state index contributed by atoms with van der Waals surface area (Å²) in [6, 6.07) is 3.50. The molecule has 2 fully saturated rings. The number of hydrogen-bond donors (Lipinski definition) is 0. The lowest BCUT2D eigenvalue weighted by atomic mass is 9.83. The number of rotatable bonds is 2. The molecular weight excluding hydrogens is 353 g/mol. The third kappa shape index (κ3) is 3.05. The molecule has 1 aliphatic carbocycles. The predicted molar refractivity (Wildman–Crippen MR) is 83.3 cm³/mol. The third-order valence-electron chi connectivity index (χ3n) is 4.45. The van der Waals surface area contributed by atoms with Crippen LogP contribution in [0.15, 0.2) is 23.1 Å². The molecule has 1 unspecified atom stereocenters. The standard InChI is InChI=1S/C15H20INO2/c16-12-4-5-14(18)17(10-12)11-13-6-9-15(19-13)7-2-1-3-8-15/h4-5,10,13H,1-3,6-9,11H2. The van der Waals surface area contributed by atoms with Crippen molar-refractivity contribution >= 4 is 22.6 Å². The van der Waals surface area contributed by atoms with Crippen LogP contribution in [0, 0.1) is 3.57 Å². The van der Waals surface area contributed by atoms with E-state index in [2.05, 4.69) is 22.6 Å². The van der Waals surface area contributed by atoms with Gasteiger partial charge in [-0.3, -0.25) is 4.79 Å². The maximum Gasteiger partial charge on any atom is 0.250 e. The summed E-state index contributed by atoms with van der Waals surface area (Å²) in [6.45, 7) is 0.706. The molecule has 1 aromatic rings. The number of hydrogen-bond acceptors (Lipinski definition) is 2. The van der Waals surface area contributed by atoms with Gasteiger partial charge in [0.2, 0.25) is 0 Å². The number of halogens is 1. The first kappa shape index (κ1) is 13.6. The lowest BCUT2D eigenvalue weighted by molar-refractivity contribution is -0.0682. The molecule has 2 heterocycles. The van der Waals surface area contributed by atoms with Crippen LogP contribution >= 0.6 is 22.6 Å². The van der Waals surface area contributed by atoms with Crippen molar-refractivity contribution in [2.24, 2.45) is 0 Å². The second kappa shape index (κ2) is 5.56. The van der Waals surface area contributed by atoms with E-state index in [1.165, 1.54) is 38.5 Å². The minimum atomic E-state index is 0.0774. The molecule has 3 nitrogen and oxygen atoms in total. The van der Waals surface area contributed by atoms with E-state index in [1.54, 1.807) is 10.6 Å². The van der Waals surface area contributed by atoms with Gasteiger partial charge < -0.3 is 9.30 Å². The molecular formula is C15H20INO2. The topological polar surface area (TPSA) is 31.2 Å². The Morgan fingerprint density at radius 1 is 1.26 bits per heavy atom. The minimum absolute atomic E-state index is 0.0774. The van der Waals surface area contributed by atoms with Gasteiger partial charge in [0.25, 0.3) is 5.56 Å². The molecule has 3 rings (SSSR count). The maximum absolute atomic E-state index is 11.8.